The van der Waals surface area contributed by atoms with E-state index >= 15 is 0 Å². The summed E-state index contributed by atoms with van der Waals surface area (Å²) in [7, 11) is 1.74. The van der Waals surface area contributed by atoms with Crippen LogP contribution in [0.5, 0.6) is 0 Å². The summed E-state index contributed by atoms with van der Waals surface area (Å²) in [6, 6.07) is 15.1. The average Bonchev–Trinajstić information content (AvgIpc) is 2.53. The molecule has 0 saturated carbocycles. The van der Waals surface area contributed by atoms with Crippen LogP contribution >= 0.6 is 0 Å². The van der Waals surface area contributed by atoms with Crippen molar-refractivity contribution in [3.8, 4) is 6.07 Å². The van der Waals surface area contributed by atoms with Crippen molar-refractivity contribution in [1.29, 1.82) is 5.26 Å². The summed E-state index contributed by atoms with van der Waals surface area (Å²) >= 11 is 0. The first-order valence-corrected chi connectivity index (χ1v) is 6.36. The zero-order valence-electron chi connectivity index (χ0n) is 11.3. The molecule has 0 N–H and O–H groups in total. The van der Waals surface area contributed by atoms with Crippen LogP contribution in [-0.4, -0.2) is 29.4 Å². The quantitative estimate of drug-likeness (QED) is 0.852. The molecule has 0 bridgehead atoms. The Morgan fingerprint density at radius 3 is 2.75 bits per heavy atom. The fraction of sp³-hybridized carbons (Fsp3) is 0.188. The topological polar surface area (TPSA) is 57.0 Å². The lowest BCUT2D eigenvalue weighted by Gasteiger charge is -2.16. The molecule has 4 heteroatoms. The van der Waals surface area contributed by atoms with Gasteiger partial charge in [0.1, 0.15) is 5.69 Å². The van der Waals surface area contributed by atoms with E-state index in [0.717, 1.165) is 6.42 Å². The summed E-state index contributed by atoms with van der Waals surface area (Å²) < 4.78 is 0. The highest BCUT2D eigenvalue weighted by Gasteiger charge is 2.13. The lowest BCUT2D eigenvalue weighted by atomic mass is 10.1. The first kappa shape index (κ1) is 13.8. The number of benzene rings is 1. The van der Waals surface area contributed by atoms with Gasteiger partial charge in [-0.3, -0.25) is 9.78 Å². The van der Waals surface area contributed by atoms with Gasteiger partial charge in [0, 0.05) is 19.8 Å². The molecule has 20 heavy (non-hydrogen) atoms. The average molecular weight is 265 g/mol. The van der Waals surface area contributed by atoms with E-state index < -0.39 is 0 Å². The number of amides is 1. The highest BCUT2D eigenvalue weighted by molar-refractivity contribution is 5.92. The highest BCUT2D eigenvalue weighted by Crippen LogP contribution is 2.06. The van der Waals surface area contributed by atoms with Crippen molar-refractivity contribution in [1.82, 2.24) is 9.88 Å². The number of pyridine rings is 1. The van der Waals surface area contributed by atoms with E-state index in [-0.39, 0.29) is 5.91 Å². The molecule has 0 atom stereocenters. The van der Waals surface area contributed by atoms with E-state index in [9.17, 15) is 4.79 Å². The number of aromatic nitrogens is 1. The molecular weight excluding hydrogens is 250 g/mol. The molecule has 2 rings (SSSR count). The predicted molar refractivity (Wildman–Crippen MR) is 76.1 cm³/mol. The van der Waals surface area contributed by atoms with Crippen LogP contribution in [0, 0.1) is 11.3 Å². The summed E-state index contributed by atoms with van der Waals surface area (Å²) in [5.41, 5.74) is 1.94. The third kappa shape index (κ3) is 3.42. The molecule has 0 radical (unpaired) electrons. The molecule has 1 aromatic carbocycles. The van der Waals surface area contributed by atoms with Crippen LogP contribution in [-0.2, 0) is 6.42 Å². The Morgan fingerprint density at radius 2 is 2.05 bits per heavy atom. The zero-order chi connectivity index (χ0) is 14.4. The maximum absolute atomic E-state index is 12.2. The third-order valence-corrected chi connectivity index (χ3v) is 3.03. The van der Waals surface area contributed by atoms with Gasteiger partial charge < -0.3 is 4.90 Å². The van der Waals surface area contributed by atoms with Crippen LogP contribution in [0.3, 0.4) is 0 Å². The number of hydrogen-bond acceptors (Lipinski definition) is 3. The first-order valence-electron chi connectivity index (χ1n) is 6.36. The van der Waals surface area contributed by atoms with Gasteiger partial charge in [-0.25, -0.2) is 0 Å². The Kier molecular flexibility index (Phi) is 4.46. The largest absolute Gasteiger partial charge is 0.340 e. The first-order chi connectivity index (χ1) is 9.70. The zero-order valence-corrected chi connectivity index (χ0v) is 11.3. The monoisotopic (exact) mass is 265 g/mol. The maximum Gasteiger partial charge on any atom is 0.272 e. The van der Waals surface area contributed by atoms with Gasteiger partial charge in [0.2, 0.25) is 0 Å². The van der Waals surface area contributed by atoms with Crippen molar-refractivity contribution >= 4 is 5.91 Å². The maximum atomic E-state index is 12.2. The molecule has 0 aliphatic heterocycles. The van der Waals surface area contributed by atoms with Crippen LogP contribution in [0.4, 0.5) is 0 Å². The molecule has 0 spiro atoms. The summed E-state index contributed by atoms with van der Waals surface area (Å²) in [6.45, 7) is 0.612. The Hall–Kier alpha value is -2.67. The van der Waals surface area contributed by atoms with E-state index in [1.165, 1.54) is 17.8 Å². The van der Waals surface area contributed by atoms with Crippen molar-refractivity contribution in [2.75, 3.05) is 13.6 Å². The second kappa shape index (κ2) is 6.48. The predicted octanol–water partition coefficient (Wildman–Crippen LogP) is 2.27. The molecule has 0 fully saturated rings. The summed E-state index contributed by atoms with van der Waals surface area (Å²) in [5, 5.41) is 8.83. The Labute approximate surface area is 118 Å². The van der Waals surface area contributed by atoms with Crippen LogP contribution in [0.2, 0.25) is 0 Å². The van der Waals surface area contributed by atoms with Crippen molar-refractivity contribution in [2.45, 2.75) is 6.42 Å². The van der Waals surface area contributed by atoms with E-state index in [4.69, 9.17) is 5.26 Å². The summed E-state index contributed by atoms with van der Waals surface area (Å²) in [4.78, 5) is 17.8. The van der Waals surface area contributed by atoms with E-state index in [2.05, 4.69) is 4.98 Å². The van der Waals surface area contributed by atoms with Crippen LogP contribution in [0.15, 0.2) is 48.7 Å². The van der Waals surface area contributed by atoms with Crippen LogP contribution in [0.25, 0.3) is 0 Å². The van der Waals surface area contributed by atoms with Gasteiger partial charge in [-0.15, -0.1) is 0 Å². The number of carbonyl (C=O) groups is 1. The van der Waals surface area contributed by atoms with Gasteiger partial charge in [0.25, 0.3) is 5.91 Å². The minimum absolute atomic E-state index is 0.168. The minimum Gasteiger partial charge on any atom is -0.340 e. The van der Waals surface area contributed by atoms with Gasteiger partial charge >= 0.3 is 0 Å². The third-order valence-electron chi connectivity index (χ3n) is 3.03. The van der Waals surface area contributed by atoms with Gasteiger partial charge in [-0.05, 0) is 24.1 Å². The van der Waals surface area contributed by atoms with Gasteiger partial charge in [0.15, 0.2) is 0 Å². The number of rotatable bonds is 4. The lowest BCUT2D eigenvalue weighted by Crippen LogP contribution is -2.29. The van der Waals surface area contributed by atoms with Crippen molar-refractivity contribution < 1.29 is 4.79 Å². The number of nitriles is 1. The van der Waals surface area contributed by atoms with Crippen molar-refractivity contribution in [3.05, 3.63) is 65.5 Å². The molecule has 0 saturated heterocycles. The van der Waals surface area contributed by atoms with E-state index in [0.29, 0.717) is 17.8 Å². The summed E-state index contributed by atoms with van der Waals surface area (Å²) in [5.74, 6) is -0.168. The van der Waals surface area contributed by atoms with Gasteiger partial charge in [-0.2, -0.15) is 5.26 Å². The standard InChI is InChI=1S/C16H15N3O/c1-19(10-8-13-5-3-2-4-6-13)16(20)15-11-14(12-17)7-9-18-15/h2-7,9,11H,8,10H2,1H3. The molecule has 100 valence electrons. The molecule has 4 nitrogen and oxygen atoms in total. The number of likely N-dealkylation sites (N-methyl/N-ethyl adjacent to an activating group) is 1. The van der Waals surface area contributed by atoms with Crippen molar-refractivity contribution in [2.24, 2.45) is 0 Å². The lowest BCUT2D eigenvalue weighted by molar-refractivity contribution is 0.0791. The SMILES string of the molecule is CN(CCc1ccccc1)C(=O)c1cc(C#N)ccn1. The second-order valence-corrected chi connectivity index (χ2v) is 4.50. The second-order valence-electron chi connectivity index (χ2n) is 4.50. The molecule has 1 heterocycles. The van der Waals surface area contributed by atoms with Crippen LogP contribution < -0.4 is 0 Å². The number of nitrogens with zero attached hydrogens (tertiary/aromatic N) is 3. The van der Waals surface area contributed by atoms with Gasteiger partial charge in [-0.1, -0.05) is 30.3 Å². The molecular formula is C16H15N3O. The fourth-order valence-corrected chi connectivity index (χ4v) is 1.86. The number of hydrogen-bond donors (Lipinski definition) is 0. The fourth-order valence-electron chi connectivity index (χ4n) is 1.86. The molecule has 0 aliphatic carbocycles. The normalized spacial score (nSPS) is 9.80. The summed E-state index contributed by atoms with van der Waals surface area (Å²) in [6.07, 6.45) is 2.28. The van der Waals surface area contributed by atoms with Crippen LogP contribution in [0.1, 0.15) is 21.6 Å². The van der Waals surface area contributed by atoms with Crippen molar-refractivity contribution in [3.63, 3.8) is 0 Å². The molecule has 0 aliphatic rings. The Bertz CT molecular complexity index is 632. The number of carbonyl (C=O) groups excluding carboxylic acids is 1. The Morgan fingerprint density at radius 1 is 1.30 bits per heavy atom. The van der Waals surface area contributed by atoms with E-state index in [1.54, 1.807) is 18.0 Å². The molecule has 1 amide bonds. The van der Waals surface area contributed by atoms with Gasteiger partial charge in [0.05, 0.1) is 11.6 Å². The smallest absolute Gasteiger partial charge is 0.272 e. The minimum atomic E-state index is -0.168. The highest BCUT2D eigenvalue weighted by atomic mass is 16.2. The van der Waals surface area contributed by atoms with E-state index in [1.807, 2.05) is 36.4 Å². The molecule has 2 aromatic rings. The Balaban J connectivity index is 2.00. The molecule has 0 unspecified atom stereocenters. The molecule has 1 aromatic heterocycles.